The predicted octanol–water partition coefficient (Wildman–Crippen LogP) is 2.63. The average molecular weight is 510 g/mol. The zero-order valence-electron chi connectivity index (χ0n) is 21.0. The van der Waals surface area contributed by atoms with Gasteiger partial charge in [0.15, 0.2) is 0 Å². The van der Waals surface area contributed by atoms with Gasteiger partial charge in [-0.25, -0.2) is 0 Å². The molecule has 3 amide bonds. The van der Waals surface area contributed by atoms with Crippen molar-refractivity contribution in [3.05, 3.63) is 60.2 Å². The first kappa shape index (κ1) is 25.1. The number of benzene rings is 1. The smallest absolute Gasteiger partial charge is 0.247 e. The van der Waals surface area contributed by atoms with Gasteiger partial charge in [0.05, 0.1) is 29.2 Å². The van der Waals surface area contributed by atoms with E-state index in [-0.39, 0.29) is 29.6 Å². The third kappa shape index (κ3) is 3.89. The Morgan fingerprint density at radius 2 is 1.83 bits per heavy atom. The molecule has 1 aromatic carbocycles. The molecule has 2 fully saturated rings. The van der Waals surface area contributed by atoms with E-state index < -0.39 is 28.7 Å². The van der Waals surface area contributed by atoms with Crippen molar-refractivity contribution in [3.8, 4) is 0 Å². The summed E-state index contributed by atoms with van der Waals surface area (Å²) in [6.07, 6.45) is 11.1. The summed E-state index contributed by atoms with van der Waals surface area (Å²) in [7, 11) is 1.77. The molecule has 4 aliphatic rings. The van der Waals surface area contributed by atoms with E-state index in [4.69, 9.17) is 0 Å². The number of carbonyl (C=O) groups is 3. The highest BCUT2D eigenvalue weighted by Gasteiger charge is 2.71. The highest BCUT2D eigenvalue weighted by molar-refractivity contribution is 8.02. The van der Waals surface area contributed by atoms with Crippen LogP contribution in [-0.4, -0.2) is 86.9 Å². The quantitative estimate of drug-likeness (QED) is 0.452. The van der Waals surface area contributed by atoms with E-state index >= 15 is 0 Å². The highest BCUT2D eigenvalue weighted by Crippen LogP contribution is 2.62. The number of hydrogen-bond donors (Lipinski definition) is 1. The van der Waals surface area contributed by atoms with Crippen LogP contribution in [-0.2, 0) is 14.4 Å². The van der Waals surface area contributed by atoms with Gasteiger partial charge in [-0.3, -0.25) is 14.4 Å². The lowest BCUT2D eigenvalue weighted by Crippen LogP contribution is -2.54. The normalized spacial score (nSPS) is 32.3. The summed E-state index contributed by atoms with van der Waals surface area (Å²) in [5.41, 5.74) is 0.785. The van der Waals surface area contributed by atoms with Gasteiger partial charge in [0.1, 0.15) is 6.04 Å². The number of fused-ring (bicyclic) bond motifs is 2. The number of thioether (sulfide) groups is 1. The first-order chi connectivity index (χ1) is 17.4. The molecule has 2 saturated heterocycles. The fourth-order valence-electron chi connectivity index (χ4n) is 6.37. The minimum Gasteiger partial charge on any atom is -0.394 e. The van der Waals surface area contributed by atoms with Crippen molar-refractivity contribution in [2.45, 2.75) is 48.3 Å². The number of aliphatic hydroxyl groups excluding tert-OH is 1. The van der Waals surface area contributed by atoms with Crippen LogP contribution in [0.4, 0.5) is 0 Å². The largest absolute Gasteiger partial charge is 0.394 e. The van der Waals surface area contributed by atoms with E-state index in [1.54, 1.807) is 28.6 Å². The molecule has 36 heavy (non-hydrogen) atoms. The van der Waals surface area contributed by atoms with Gasteiger partial charge in [-0.05, 0) is 12.0 Å². The van der Waals surface area contributed by atoms with Crippen LogP contribution in [0.15, 0.2) is 54.6 Å². The van der Waals surface area contributed by atoms with Crippen molar-refractivity contribution in [3.63, 3.8) is 0 Å². The maximum Gasteiger partial charge on any atom is 0.247 e. The molecule has 1 N–H and O–H groups in total. The van der Waals surface area contributed by atoms with Crippen LogP contribution in [0.1, 0.15) is 37.8 Å². The minimum absolute atomic E-state index is 0.0570. The Kier molecular flexibility index (Phi) is 7.01. The Balaban J connectivity index is 1.62. The van der Waals surface area contributed by atoms with Crippen molar-refractivity contribution in [2.24, 2.45) is 11.8 Å². The van der Waals surface area contributed by atoms with E-state index in [9.17, 15) is 19.5 Å². The summed E-state index contributed by atoms with van der Waals surface area (Å²) >= 11 is 1.58. The molecule has 1 aromatic rings. The van der Waals surface area contributed by atoms with Crippen LogP contribution in [0.25, 0.3) is 0 Å². The zero-order valence-corrected chi connectivity index (χ0v) is 21.8. The number of aliphatic hydroxyl groups is 1. The van der Waals surface area contributed by atoms with Crippen molar-refractivity contribution in [2.75, 3.05) is 33.3 Å². The van der Waals surface area contributed by atoms with Crippen molar-refractivity contribution in [1.29, 1.82) is 0 Å². The standard InChI is InChI=1S/C28H35N3O4S/c1-3-4-8-16-30-17-10-14-28-23(22-21(36-28)13-9-15-29(2)25(22)33)26(34)31(24(28)27(30)35)20(18-32)19-11-6-5-7-12-19/h5-7,9-14,20-24,32H,3-4,8,15-18H2,1-2H3/t20-,21+,22-,23+,24?,28+/m1/s1. The Morgan fingerprint density at radius 1 is 1.06 bits per heavy atom. The number of nitrogens with zero attached hydrogens (tertiary/aromatic N) is 3. The first-order valence-corrected chi connectivity index (χ1v) is 13.9. The van der Waals surface area contributed by atoms with Gasteiger partial charge in [-0.2, -0.15) is 0 Å². The van der Waals surface area contributed by atoms with Crippen LogP contribution < -0.4 is 0 Å². The van der Waals surface area contributed by atoms with E-state index in [0.717, 1.165) is 24.8 Å². The monoisotopic (exact) mass is 509 g/mol. The number of rotatable bonds is 7. The maximum absolute atomic E-state index is 14.4. The predicted molar refractivity (Wildman–Crippen MR) is 140 cm³/mol. The molecule has 7 nitrogen and oxygen atoms in total. The maximum atomic E-state index is 14.4. The molecule has 1 spiro atoms. The SMILES string of the molecule is CCCCCN1CC=C[C@]23S[C@H]4C=CCN(C)C(=O)[C@H]4[C@H]2C(=O)N([C@H](CO)c2ccccc2)C3C1=O. The number of carbonyl (C=O) groups excluding carboxylic acids is 3. The summed E-state index contributed by atoms with van der Waals surface area (Å²) in [6.45, 7) is 3.47. The van der Waals surface area contributed by atoms with Crippen molar-refractivity contribution in [1.82, 2.24) is 14.7 Å². The molecule has 6 atom stereocenters. The zero-order chi connectivity index (χ0) is 25.4. The molecule has 4 aliphatic heterocycles. The van der Waals surface area contributed by atoms with E-state index in [1.165, 1.54) is 0 Å². The second-order valence-corrected chi connectivity index (χ2v) is 11.7. The Bertz CT molecular complexity index is 1080. The third-order valence-electron chi connectivity index (χ3n) is 8.11. The first-order valence-electron chi connectivity index (χ1n) is 13.0. The molecular weight excluding hydrogens is 474 g/mol. The average Bonchev–Trinajstić information content (AvgIpc) is 3.21. The lowest BCUT2D eigenvalue weighted by atomic mass is 9.78. The third-order valence-corrected chi connectivity index (χ3v) is 9.85. The minimum atomic E-state index is -0.858. The van der Waals surface area contributed by atoms with Gasteiger partial charge in [0.25, 0.3) is 0 Å². The number of likely N-dealkylation sites (tertiary alicyclic amines) is 1. The molecule has 4 heterocycles. The number of hydrogen-bond acceptors (Lipinski definition) is 5. The van der Waals surface area contributed by atoms with E-state index in [0.29, 0.717) is 19.6 Å². The van der Waals surface area contributed by atoms with Crippen LogP contribution in [0, 0.1) is 11.8 Å². The van der Waals surface area contributed by atoms with Crippen LogP contribution in [0.5, 0.6) is 0 Å². The highest BCUT2D eigenvalue weighted by atomic mass is 32.2. The van der Waals surface area contributed by atoms with Gasteiger partial charge < -0.3 is 19.8 Å². The molecule has 8 heteroatoms. The Labute approximate surface area is 217 Å². The molecule has 0 aromatic heterocycles. The van der Waals surface area contributed by atoms with Gasteiger partial charge in [0, 0.05) is 31.9 Å². The van der Waals surface area contributed by atoms with E-state index in [2.05, 4.69) is 6.92 Å². The van der Waals surface area contributed by atoms with Gasteiger partial charge >= 0.3 is 0 Å². The second-order valence-electron chi connectivity index (χ2n) is 10.2. The topological polar surface area (TPSA) is 81.2 Å². The second kappa shape index (κ2) is 10.1. The summed E-state index contributed by atoms with van der Waals surface area (Å²) in [4.78, 5) is 47.3. The molecule has 192 valence electrons. The number of amides is 3. The number of unbranched alkanes of at least 4 members (excludes halogenated alkanes) is 2. The molecule has 0 bridgehead atoms. The Morgan fingerprint density at radius 3 is 2.56 bits per heavy atom. The molecule has 1 unspecified atom stereocenters. The van der Waals surface area contributed by atoms with Crippen LogP contribution >= 0.6 is 11.8 Å². The molecule has 0 aliphatic carbocycles. The fraction of sp³-hybridized carbons (Fsp3) is 0.536. The summed E-state index contributed by atoms with van der Waals surface area (Å²) < 4.78 is -0.858. The molecule has 5 rings (SSSR count). The molecule has 0 radical (unpaired) electrons. The van der Waals surface area contributed by atoms with Crippen molar-refractivity contribution < 1.29 is 19.5 Å². The summed E-state index contributed by atoms with van der Waals surface area (Å²) in [5, 5.41) is 10.4. The van der Waals surface area contributed by atoms with Crippen LogP contribution in [0.3, 0.4) is 0 Å². The van der Waals surface area contributed by atoms with Gasteiger partial charge in [-0.1, -0.05) is 74.4 Å². The lowest BCUT2D eigenvalue weighted by Gasteiger charge is -2.38. The van der Waals surface area contributed by atoms with Gasteiger partial charge in [-0.15, -0.1) is 11.8 Å². The van der Waals surface area contributed by atoms with Crippen LogP contribution in [0.2, 0.25) is 0 Å². The molecule has 0 saturated carbocycles. The Hall–Kier alpha value is -2.58. The van der Waals surface area contributed by atoms with E-state index in [1.807, 2.05) is 59.5 Å². The summed E-state index contributed by atoms with van der Waals surface area (Å²) in [6, 6.07) is 7.97. The number of likely N-dealkylation sites (N-methyl/N-ethyl adjacent to an activating group) is 1. The summed E-state index contributed by atoms with van der Waals surface area (Å²) in [5.74, 6) is -1.57. The molecular formula is C28H35N3O4S. The van der Waals surface area contributed by atoms with Crippen molar-refractivity contribution >= 4 is 29.5 Å². The fourth-order valence-corrected chi connectivity index (χ4v) is 8.36. The van der Waals surface area contributed by atoms with Gasteiger partial charge in [0.2, 0.25) is 17.7 Å². The lowest BCUT2D eigenvalue weighted by molar-refractivity contribution is -0.146.